The van der Waals surface area contributed by atoms with Crippen molar-refractivity contribution in [1.82, 2.24) is 0 Å². The summed E-state index contributed by atoms with van der Waals surface area (Å²) in [7, 11) is 0. The quantitative estimate of drug-likeness (QED) is 0.587. The normalized spacial score (nSPS) is 44.3. The van der Waals surface area contributed by atoms with E-state index in [9.17, 15) is 10.2 Å². The van der Waals surface area contributed by atoms with E-state index < -0.39 is 0 Å². The molecule has 1 fully saturated rings. The van der Waals surface area contributed by atoms with Crippen molar-refractivity contribution in [3.05, 3.63) is 12.7 Å². The summed E-state index contributed by atoms with van der Waals surface area (Å²) in [5, 5.41) is 19.1. The van der Waals surface area contributed by atoms with Gasteiger partial charge in [-0.15, -0.1) is 6.58 Å². The van der Waals surface area contributed by atoms with E-state index >= 15 is 0 Å². The fourth-order valence-corrected chi connectivity index (χ4v) is 1.78. The lowest BCUT2D eigenvalue weighted by molar-refractivity contribution is -0.00822. The highest BCUT2D eigenvalue weighted by Gasteiger charge is 2.43. The van der Waals surface area contributed by atoms with E-state index in [1.165, 1.54) is 0 Å². The third-order valence-corrected chi connectivity index (χ3v) is 2.82. The summed E-state index contributed by atoms with van der Waals surface area (Å²) >= 11 is 0. The third-order valence-electron chi connectivity index (χ3n) is 2.82. The minimum Gasteiger partial charge on any atom is -0.392 e. The molecule has 1 aliphatic rings. The lowest BCUT2D eigenvalue weighted by Crippen LogP contribution is -2.35. The highest BCUT2D eigenvalue weighted by molar-refractivity contribution is 4.98. The molecule has 1 unspecified atom stereocenters. The molecule has 11 heavy (non-hydrogen) atoms. The summed E-state index contributed by atoms with van der Waals surface area (Å²) in [5.41, 5.74) is -0.345. The Balaban J connectivity index is 2.70. The van der Waals surface area contributed by atoms with Gasteiger partial charge in [-0.3, -0.25) is 0 Å². The van der Waals surface area contributed by atoms with Gasteiger partial charge in [0.25, 0.3) is 0 Å². The van der Waals surface area contributed by atoms with E-state index in [1.54, 1.807) is 6.08 Å². The van der Waals surface area contributed by atoms with Crippen LogP contribution in [0.5, 0.6) is 0 Å². The second-order valence-electron chi connectivity index (χ2n) is 3.61. The van der Waals surface area contributed by atoms with Gasteiger partial charge in [-0.2, -0.15) is 0 Å². The van der Waals surface area contributed by atoms with Crippen molar-refractivity contribution < 1.29 is 10.2 Å². The zero-order valence-corrected chi connectivity index (χ0v) is 6.95. The van der Waals surface area contributed by atoms with Gasteiger partial charge < -0.3 is 10.2 Å². The topological polar surface area (TPSA) is 40.5 Å². The van der Waals surface area contributed by atoms with Crippen molar-refractivity contribution in [1.29, 1.82) is 0 Å². The van der Waals surface area contributed by atoms with Gasteiger partial charge in [0.05, 0.1) is 12.2 Å². The maximum atomic E-state index is 9.54. The Bertz CT molecular complexity index is 144. The molecule has 0 saturated heterocycles. The molecule has 2 heteroatoms. The van der Waals surface area contributed by atoms with Gasteiger partial charge in [0, 0.05) is 5.41 Å². The Kier molecular flexibility index (Phi) is 2.35. The van der Waals surface area contributed by atoms with Crippen molar-refractivity contribution in [2.45, 2.75) is 38.4 Å². The molecule has 0 aromatic heterocycles. The SMILES string of the molecule is C=CCC1(C)[C@H](O)CC[C@@H]1O. The van der Waals surface area contributed by atoms with Gasteiger partial charge in [-0.05, 0) is 19.3 Å². The molecule has 2 N–H and O–H groups in total. The number of hydrogen-bond donors (Lipinski definition) is 2. The second kappa shape index (κ2) is 2.95. The number of allylic oxidation sites excluding steroid dienone is 1. The molecule has 0 aromatic rings. The first kappa shape index (κ1) is 8.75. The van der Waals surface area contributed by atoms with E-state index in [1.807, 2.05) is 6.92 Å². The average molecular weight is 156 g/mol. The zero-order chi connectivity index (χ0) is 8.48. The summed E-state index contributed by atoms with van der Waals surface area (Å²) < 4.78 is 0. The van der Waals surface area contributed by atoms with Crippen LogP contribution in [0.15, 0.2) is 12.7 Å². The van der Waals surface area contributed by atoms with Crippen molar-refractivity contribution >= 4 is 0 Å². The molecule has 0 bridgehead atoms. The molecule has 64 valence electrons. The van der Waals surface area contributed by atoms with Gasteiger partial charge >= 0.3 is 0 Å². The van der Waals surface area contributed by atoms with E-state index in [0.29, 0.717) is 19.3 Å². The second-order valence-corrected chi connectivity index (χ2v) is 3.61. The first-order chi connectivity index (χ1) is 5.11. The van der Waals surface area contributed by atoms with E-state index in [-0.39, 0.29) is 17.6 Å². The van der Waals surface area contributed by atoms with E-state index in [2.05, 4.69) is 6.58 Å². The van der Waals surface area contributed by atoms with Crippen LogP contribution >= 0.6 is 0 Å². The molecule has 0 spiro atoms. The Morgan fingerprint density at radius 3 is 2.27 bits per heavy atom. The van der Waals surface area contributed by atoms with Crippen LogP contribution < -0.4 is 0 Å². The summed E-state index contributed by atoms with van der Waals surface area (Å²) in [6, 6.07) is 0. The largest absolute Gasteiger partial charge is 0.392 e. The molecule has 2 nitrogen and oxygen atoms in total. The van der Waals surface area contributed by atoms with Gasteiger partial charge in [0.1, 0.15) is 0 Å². The Labute approximate surface area is 67.6 Å². The molecule has 1 rings (SSSR count). The lowest BCUT2D eigenvalue weighted by Gasteiger charge is -2.30. The monoisotopic (exact) mass is 156 g/mol. The highest BCUT2D eigenvalue weighted by Crippen LogP contribution is 2.41. The fraction of sp³-hybridized carbons (Fsp3) is 0.778. The van der Waals surface area contributed by atoms with E-state index in [4.69, 9.17) is 0 Å². The molecule has 0 aliphatic heterocycles. The smallest absolute Gasteiger partial charge is 0.0622 e. The molecule has 0 amide bonds. The minimum atomic E-state index is -0.365. The van der Waals surface area contributed by atoms with Gasteiger partial charge in [-0.25, -0.2) is 0 Å². The van der Waals surface area contributed by atoms with E-state index in [0.717, 1.165) is 0 Å². The Morgan fingerprint density at radius 1 is 1.45 bits per heavy atom. The van der Waals surface area contributed by atoms with Crippen LogP contribution in [0.1, 0.15) is 26.2 Å². The third kappa shape index (κ3) is 1.33. The van der Waals surface area contributed by atoms with Crippen LogP contribution in [-0.4, -0.2) is 22.4 Å². The number of aliphatic hydroxyl groups is 2. The molecule has 0 heterocycles. The standard InChI is InChI=1S/C9H16O2/c1-3-6-9(2)7(10)4-5-8(9)11/h3,7-8,10-11H,1,4-6H2,2H3/t7-,8+,9?. The Morgan fingerprint density at radius 2 is 1.91 bits per heavy atom. The maximum absolute atomic E-state index is 9.54. The maximum Gasteiger partial charge on any atom is 0.0622 e. The van der Waals surface area contributed by atoms with Gasteiger partial charge in [0.15, 0.2) is 0 Å². The highest BCUT2D eigenvalue weighted by atomic mass is 16.3. The number of aliphatic hydroxyl groups excluding tert-OH is 2. The van der Waals surface area contributed by atoms with Crippen molar-refractivity contribution in [2.75, 3.05) is 0 Å². The van der Waals surface area contributed by atoms with Crippen LogP contribution in [0.4, 0.5) is 0 Å². The predicted octanol–water partition coefficient (Wildman–Crippen LogP) is 1.08. The fourth-order valence-electron chi connectivity index (χ4n) is 1.78. The van der Waals surface area contributed by atoms with Crippen molar-refractivity contribution in [2.24, 2.45) is 5.41 Å². The molecular weight excluding hydrogens is 140 g/mol. The van der Waals surface area contributed by atoms with Crippen molar-refractivity contribution in [3.63, 3.8) is 0 Å². The lowest BCUT2D eigenvalue weighted by atomic mass is 9.81. The molecule has 1 aliphatic carbocycles. The first-order valence-corrected chi connectivity index (χ1v) is 4.08. The molecule has 0 radical (unpaired) electrons. The molecule has 1 saturated carbocycles. The first-order valence-electron chi connectivity index (χ1n) is 4.08. The summed E-state index contributed by atoms with van der Waals surface area (Å²) in [4.78, 5) is 0. The minimum absolute atomic E-state index is 0.345. The van der Waals surface area contributed by atoms with Crippen LogP contribution in [0.2, 0.25) is 0 Å². The molecule has 3 atom stereocenters. The summed E-state index contributed by atoms with van der Waals surface area (Å²) in [6.07, 6.45) is 3.15. The van der Waals surface area contributed by atoms with Gasteiger partial charge in [-0.1, -0.05) is 13.0 Å². The number of hydrogen-bond acceptors (Lipinski definition) is 2. The van der Waals surface area contributed by atoms with Crippen LogP contribution in [0, 0.1) is 5.41 Å². The predicted molar refractivity (Wildman–Crippen MR) is 44.2 cm³/mol. The van der Waals surface area contributed by atoms with Gasteiger partial charge in [0.2, 0.25) is 0 Å². The van der Waals surface area contributed by atoms with Crippen LogP contribution in [0.3, 0.4) is 0 Å². The zero-order valence-electron chi connectivity index (χ0n) is 6.95. The van der Waals surface area contributed by atoms with Crippen molar-refractivity contribution in [3.8, 4) is 0 Å². The summed E-state index contributed by atoms with van der Waals surface area (Å²) in [5.74, 6) is 0. The van der Waals surface area contributed by atoms with Crippen LogP contribution in [-0.2, 0) is 0 Å². The average Bonchev–Trinajstić information content (AvgIpc) is 2.19. The van der Waals surface area contributed by atoms with Crippen LogP contribution in [0.25, 0.3) is 0 Å². The molecular formula is C9H16O2. The molecule has 0 aromatic carbocycles. The number of rotatable bonds is 2. The summed E-state index contributed by atoms with van der Waals surface area (Å²) in [6.45, 7) is 5.53. The Hall–Kier alpha value is -0.340.